The fourth-order valence-electron chi connectivity index (χ4n) is 3.51. The molecule has 1 fully saturated rings. The van der Waals surface area contributed by atoms with Crippen LogP contribution in [-0.2, 0) is 14.4 Å². The molecule has 1 aliphatic rings. The van der Waals surface area contributed by atoms with Gasteiger partial charge in [-0.15, -0.1) is 0 Å². The molecular weight excluding hydrogens is 573 g/mol. The molecule has 1 rings (SSSR count). The average molecular weight is 605 g/mol. The van der Waals surface area contributed by atoms with E-state index in [1.165, 1.54) is 4.90 Å². The summed E-state index contributed by atoms with van der Waals surface area (Å²) >= 11 is 0. The van der Waals surface area contributed by atoms with E-state index in [1.54, 1.807) is 14.7 Å². The first-order chi connectivity index (χ1) is 14.7. The summed E-state index contributed by atoms with van der Waals surface area (Å²) in [5.41, 5.74) is 0. The third-order valence-electron chi connectivity index (χ3n) is 5.22. The second-order valence-corrected chi connectivity index (χ2v) is 7.48. The molecule has 0 amide bonds. The maximum Gasteiger partial charge on any atom is 3.00 e. The Morgan fingerprint density at radius 3 is 1.22 bits per heavy atom. The van der Waals surface area contributed by atoms with Crippen LogP contribution >= 0.6 is 0 Å². The molecule has 3 N–H and O–H groups in total. The van der Waals surface area contributed by atoms with E-state index in [2.05, 4.69) is 0 Å². The van der Waals surface area contributed by atoms with Gasteiger partial charge in [-0.25, -0.2) is 0 Å². The van der Waals surface area contributed by atoms with Gasteiger partial charge >= 0.3 is 39.9 Å². The number of carboxylic acids is 3. The van der Waals surface area contributed by atoms with Crippen LogP contribution in [0.2, 0.25) is 0 Å². The van der Waals surface area contributed by atoms with E-state index in [0.717, 1.165) is 0 Å². The fraction of sp³-hybridized carbons (Fsp3) is 0.833. The molecule has 0 unspecified atom stereocenters. The summed E-state index contributed by atoms with van der Waals surface area (Å²) in [5, 5.41) is 62.3. The first kappa shape index (κ1) is 31.5. The quantitative estimate of drug-likeness (QED) is 0.213. The van der Waals surface area contributed by atoms with Gasteiger partial charge in [0.15, 0.2) is 0 Å². The normalized spacial score (nSPS) is 20.3. The minimum atomic E-state index is -1.31. The molecule has 0 aromatic rings. The standard InChI is InChI=1S/C18H34N4O9.Gd/c23-12-14(15(25)13-24)22-7-5-20(10-17(28)29)3-1-19(9-16(26)27)2-4-21(6-8-22)11-18(30)31;/h14-15,23-25H,1-13H2,(H,26,27)(H,28,29)(H,30,31);/q;+3/p-3/t14-,15-;/m0./s1. The van der Waals surface area contributed by atoms with Gasteiger partial charge < -0.3 is 45.0 Å². The molecule has 0 bridgehead atoms. The van der Waals surface area contributed by atoms with E-state index >= 15 is 0 Å². The number of rotatable bonds is 10. The van der Waals surface area contributed by atoms with Crippen molar-refractivity contribution in [2.24, 2.45) is 0 Å². The summed E-state index contributed by atoms with van der Waals surface area (Å²) < 4.78 is 0. The zero-order valence-corrected chi connectivity index (χ0v) is 20.0. The third kappa shape index (κ3) is 12.6. The summed E-state index contributed by atoms with van der Waals surface area (Å²) in [6.07, 6.45) is -1.25. The number of nitrogens with zero attached hydrogens (tertiary/aromatic N) is 4. The van der Waals surface area contributed by atoms with E-state index in [1.807, 2.05) is 0 Å². The van der Waals surface area contributed by atoms with Crippen molar-refractivity contribution in [3.05, 3.63) is 0 Å². The van der Waals surface area contributed by atoms with Crippen LogP contribution in [-0.4, -0.2) is 150 Å². The smallest absolute Gasteiger partial charge is 0.549 e. The molecule has 14 heteroatoms. The van der Waals surface area contributed by atoms with Crippen LogP contribution in [0.5, 0.6) is 0 Å². The maximum atomic E-state index is 11.1. The molecular formula is C18H31GdN4O9. The maximum absolute atomic E-state index is 11.1. The number of carbonyl (C=O) groups is 3. The Balaban J connectivity index is 0.00000961. The SMILES string of the molecule is O=C([O-])CN1CCN(CC(=O)[O-])CCN([C@@H](CO)[C@@H](O)CO)CCN(CC(=O)[O-])CC1.[Gd+3]. The molecule has 1 radical (unpaired) electrons. The van der Waals surface area contributed by atoms with E-state index in [9.17, 15) is 45.0 Å². The van der Waals surface area contributed by atoms with Crippen LogP contribution in [0.25, 0.3) is 0 Å². The van der Waals surface area contributed by atoms with Crippen molar-refractivity contribution in [1.82, 2.24) is 19.6 Å². The van der Waals surface area contributed by atoms with Crippen LogP contribution in [0, 0.1) is 39.9 Å². The molecule has 0 aromatic heterocycles. The van der Waals surface area contributed by atoms with Crippen LogP contribution < -0.4 is 15.3 Å². The van der Waals surface area contributed by atoms with Crippen molar-refractivity contribution >= 4 is 17.9 Å². The molecule has 1 aliphatic heterocycles. The van der Waals surface area contributed by atoms with Gasteiger partial charge in [0.05, 0.1) is 43.3 Å². The van der Waals surface area contributed by atoms with Crippen LogP contribution in [0.4, 0.5) is 0 Å². The first-order valence-electron chi connectivity index (χ1n) is 10.1. The Hall–Kier alpha value is -0.545. The average Bonchev–Trinajstić information content (AvgIpc) is 2.68. The molecule has 32 heavy (non-hydrogen) atoms. The summed E-state index contributed by atoms with van der Waals surface area (Å²) in [5.74, 6) is -3.92. The van der Waals surface area contributed by atoms with Gasteiger partial charge in [-0.2, -0.15) is 0 Å². The van der Waals surface area contributed by atoms with Crippen molar-refractivity contribution in [2.75, 3.05) is 85.2 Å². The largest absolute Gasteiger partial charge is 3.00 e. The molecule has 13 nitrogen and oxygen atoms in total. The van der Waals surface area contributed by atoms with Gasteiger partial charge in [0, 0.05) is 72.0 Å². The van der Waals surface area contributed by atoms with Gasteiger partial charge in [-0.05, 0) is 0 Å². The summed E-state index contributed by atoms with van der Waals surface area (Å²) in [4.78, 5) is 39.5. The molecule has 185 valence electrons. The van der Waals surface area contributed by atoms with E-state index in [0.29, 0.717) is 0 Å². The van der Waals surface area contributed by atoms with Gasteiger partial charge in [0.1, 0.15) is 0 Å². The Bertz CT molecular complexity index is 555. The van der Waals surface area contributed by atoms with Gasteiger partial charge in [-0.3, -0.25) is 19.6 Å². The third-order valence-corrected chi connectivity index (χ3v) is 5.22. The van der Waals surface area contributed by atoms with Gasteiger partial charge in [-0.1, -0.05) is 0 Å². The minimum absolute atomic E-state index is 0. The van der Waals surface area contributed by atoms with Crippen LogP contribution in [0.1, 0.15) is 0 Å². The second-order valence-electron chi connectivity index (χ2n) is 7.48. The number of aliphatic carboxylic acids is 3. The Kier molecular flexibility index (Phi) is 16.7. The molecule has 0 aliphatic carbocycles. The molecule has 1 heterocycles. The Morgan fingerprint density at radius 1 is 0.656 bits per heavy atom. The minimum Gasteiger partial charge on any atom is -0.549 e. The van der Waals surface area contributed by atoms with Gasteiger partial charge in [0.25, 0.3) is 0 Å². The zero-order chi connectivity index (χ0) is 23.4. The number of aliphatic hydroxyl groups is 3. The topological polar surface area (TPSA) is 194 Å². The van der Waals surface area contributed by atoms with E-state index < -0.39 is 56.4 Å². The summed E-state index contributed by atoms with van der Waals surface area (Å²) in [6, 6.07) is -0.836. The number of hydrogen-bond donors (Lipinski definition) is 3. The predicted molar refractivity (Wildman–Crippen MR) is 99.9 cm³/mol. The monoisotopic (exact) mass is 605 g/mol. The molecule has 0 aromatic carbocycles. The second kappa shape index (κ2) is 17.0. The Morgan fingerprint density at radius 2 is 0.969 bits per heavy atom. The van der Waals surface area contributed by atoms with Crippen molar-refractivity contribution in [3.8, 4) is 0 Å². The van der Waals surface area contributed by atoms with Crippen LogP contribution in [0.15, 0.2) is 0 Å². The van der Waals surface area contributed by atoms with Crippen molar-refractivity contribution < 1.29 is 85.0 Å². The summed E-state index contributed by atoms with van der Waals surface area (Å²) in [7, 11) is 0. The molecule has 0 spiro atoms. The predicted octanol–water partition coefficient (Wildman–Crippen LogP) is -7.83. The van der Waals surface area contributed by atoms with Crippen molar-refractivity contribution in [2.45, 2.75) is 12.1 Å². The fourth-order valence-corrected chi connectivity index (χ4v) is 3.51. The number of aliphatic hydroxyl groups excluding tert-OH is 3. The van der Waals surface area contributed by atoms with Crippen LogP contribution in [0.3, 0.4) is 0 Å². The van der Waals surface area contributed by atoms with E-state index in [-0.39, 0.29) is 98.8 Å². The van der Waals surface area contributed by atoms with E-state index in [4.69, 9.17) is 0 Å². The first-order valence-corrected chi connectivity index (χ1v) is 10.1. The molecule has 2 atom stereocenters. The van der Waals surface area contributed by atoms with Crippen molar-refractivity contribution in [1.29, 1.82) is 0 Å². The number of carboxylic acid groups (broad SMARTS) is 3. The Labute approximate surface area is 218 Å². The molecule has 1 saturated heterocycles. The van der Waals surface area contributed by atoms with Gasteiger partial charge in [0.2, 0.25) is 0 Å². The summed E-state index contributed by atoms with van der Waals surface area (Å²) in [6.45, 7) is -0.648. The molecule has 0 saturated carbocycles. The number of carbonyl (C=O) groups excluding carboxylic acids is 3. The van der Waals surface area contributed by atoms with Crippen molar-refractivity contribution in [3.63, 3.8) is 0 Å². The number of hydrogen-bond acceptors (Lipinski definition) is 13. The zero-order valence-electron chi connectivity index (χ0n) is 17.8.